The van der Waals surface area contributed by atoms with Crippen LogP contribution in [0.1, 0.15) is 220 Å². The van der Waals surface area contributed by atoms with Gasteiger partial charge in [-0.25, -0.2) is 0 Å². The first-order valence-electron chi connectivity index (χ1n) is 25.9. The molecule has 0 spiro atoms. The van der Waals surface area contributed by atoms with Crippen LogP contribution in [-0.2, 0) is 28.6 Å². The van der Waals surface area contributed by atoms with Gasteiger partial charge in [-0.3, -0.25) is 14.4 Å². The van der Waals surface area contributed by atoms with Gasteiger partial charge in [0.15, 0.2) is 6.10 Å². The van der Waals surface area contributed by atoms with Crippen molar-refractivity contribution in [2.45, 2.75) is 226 Å². The van der Waals surface area contributed by atoms with Crippen molar-refractivity contribution < 1.29 is 28.6 Å². The molecule has 6 nitrogen and oxygen atoms in total. The molecule has 0 aliphatic rings. The molecule has 0 saturated carbocycles. The van der Waals surface area contributed by atoms with E-state index in [4.69, 9.17) is 14.2 Å². The maximum atomic E-state index is 12.8. The molecule has 0 aromatic carbocycles. The molecule has 6 heteroatoms. The van der Waals surface area contributed by atoms with Crippen LogP contribution in [0.5, 0.6) is 0 Å². The third kappa shape index (κ3) is 49.1. The summed E-state index contributed by atoms with van der Waals surface area (Å²) >= 11 is 0. The van der Waals surface area contributed by atoms with Crippen molar-refractivity contribution in [3.05, 3.63) is 109 Å². The lowest BCUT2D eigenvalue weighted by Gasteiger charge is -2.18. The molecule has 0 N–H and O–H groups in total. The summed E-state index contributed by atoms with van der Waals surface area (Å²) in [7, 11) is 0. The minimum absolute atomic E-state index is 0.137. The minimum atomic E-state index is -0.838. The number of allylic oxidation sites excluding steroid dienone is 18. The first-order chi connectivity index (χ1) is 31.5. The minimum Gasteiger partial charge on any atom is -0.462 e. The normalized spacial score (nSPS) is 13.0. The molecule has 0 rings (SSSR count). The van der Waals surface area contributed by atoms with Crippen molar-refractivity contribution in [1.82, 2.24) is 0 Å². The fourth-order valence-electron chi connectivity index (χ4n) is 6.64. The Labute approximate surface area is 393 Å². The monoisotopic (exact) mass is 887 g/mol. The molecule has 64 heavy (non-hydrogen) atoms. The van der Waals surface area contributed by atoms with Crippen molar-refractivity contribution in [2.24, 2.45) is 0 Å². The molecule has 0 bridgehead atoms. The van der Waals surface area contributed by atoms with Crippen molar-refractivity contribution in [2.75, 3.05) is 13.2 Å². The Bertz CT molecular complexity index is 1340. The van der Waals surface area contributed by atoms with Crippen molar-refractivity contribution in [1.29, 1.82) is 0 Å². The second-order valence-corrected chi connectivity index (χ2v) is 16.7. The SMILES string of the molecule is CC/C=C\C/C=C\C/C=C\C/C=C\C/C=C\CCCC(=O)OCC(COC(=O)CC/C=C\C/C=C\CCCCCCCC)OC(=O)CCCCC/C=C\C=C/CCCCCCCCC. The van der Waals surface area contributed by atoms with Crippen molar-refractivity contribution in [3.8, 4) is 0 Å². The highest BCUT2D eigenvalue weighted by Gasteiger charge is 2.19. The molecule has 0 aromatic rings. The summed E-state index contributed by atoms with van der Waals surface area (Å²) in [5, 5.41) is 0. The molecule has 0 aromatic heterocycles. The number of hydrogen-bond acceptors (Lipinski definition) is 6. The molecule has 0 amide bonds. The molecule has 0 saturated heterocycles. The average Bonchev–Trinajstić information content (AvgIpc) is 3.29. The number of ether oxygens (including phenoxy) is 3. The van der Waals surface area contributed by atoms with Crippen LogP contribution in [0.4, 0.5) is 0 Å². The van der Waals surface area contributed by atoms with Gasteiger partial charge in [0.2, 0.25) is 0 Å². The van der Waals surface area contributed by atoms with Crippen LogP contribution in [0.2, 0.25) is 0 Å². The number of rotatable bonds is 45. The van der Waals surface area contributed by atoms with Crippen molar-refractivity contribution in [3.63, 3.8) is 0 Å². The van der Waals surface area contributed by atoms with Gasteiger partial charge in [-0.05, 0) is 103 Å². The fourth-order valence-corrected chi connectivity index (χ4v) is 6.64. The topological polar surface area (TPSA) is 78.9 Å². The summed E-state index contributed by atoms with van der Waals surface area (Å²) in [5.74, 6) is -1.09. The standard InChI is InChI=1S/C58H94O6/c1-4-7-10-13-16-19-22-25-27-29-31-33-36-39-42-45-48-51-57(60)63-54-55(53-62-56(59)50-47-44-41-38-35-32-24-21-18-15-12-9-6-3)64-58(61)52-49-46-43-40-37-34-30-28-26-23-20-17-14-11-8-5-2/h7,10,16,19,25,27-28,30-35,37,39,41-42,44,55H,4-6,8-9,11-15,17-18,20-24,26,29,36,38,40,43,45-54H2,1-3H3/b10-7-,19-16-,27-25-,30-28-,33-31-,35-32-,37-34-,42-39-,44-41-. The Morgan fingerprint density at radius 1 is 0.344 bits per heavy atom. The Morgan fingerprint density at radius 3 is 1.19 bits per heavy atom. The van der Waals surface area contributed by atoms with Crippen LogP contribution in [0.15, 0.2) is 109 Å². The Hall–Kier alpha value is -3.93. The predicted molar refractivity (Wildman–Crippen MR) is 274 cm³/mol. The van der Waals surface area contributed by atoms with Gasteiger partial charge in [0, 0.05) is 19.3 Å². The quantitative estimate of drug-likeness (QED) is 0.0199. The summed E-state index contributed by atoms with van der Waals surface area (Å²) in [4.78, 5) is 37.9. The van der Waals surface area contributed by atoms with E-state index >= 15 is 0 Å². The lowest BCUT2D eigenvalue weighted by Crippen LogP contribution is -2.30. The third-order valence-electron chi connectivity index (χ3n) is 10.5. The van der Waals surface area contributed by atoms with Crippen LogP contribution >= 0.6 is 0 Å². The number of carbonyl (C=O) groups is 3. The molecule has 1 unspecified atom stereocenters. The highest BCUT2D eigenvalue weighted by atomic mass is 16.6. The molecule has 362 valence electrons. The number of carbonyl (C=O) groups excluding carboxylic acids is 3. The highest BCUT2D eigenvalue weighted by molar-refractivity contribution is 5.71. The van der Waals surface area contributed by atoms with Gasteiger partial charge in [0.1, 0.15) is 13.2 Å². The number of unbranched alkanes of at least 4 members (excludes halogenated alkanes) is 17. The first-order valence-corrected chi connectivity index (χ1v) is 25.9. The van der Waals surface area contributed by atoms with Gasteiger partial charge in [0.25, 0.3) is 0 Å². The maximum Gasteiger partial charge on any atom is 0.306 e. The number of esters is 3. The Kier molecular flexibility index (Phi) is 48.5. The van der Waals surface area contributed by atoms with Crippen LogP contribution in [0.3, 0.4) is 0 Å². The zero-order chi connectivity index (χ0) is 46.5. The molecular weight excluding hydrogens is 793 g/mol. The fraction of sp³-hybridized carbons (Fsp3) is 0.638. The highest BCUT2D eigenvalue weighted by Crippen LogP contribution is 2.11. The van der Waals surface area contributed by atoms with Gasteiger partial charge in [0.05, 0.1) is 0 Å². The molecule has 0 fully saturated rings. The average molecular weight is 887 g/mol. The van der Waals surface area contributed by atoms with E-state index in [1.54, 1.807) is 0 Å². The van der Waals surface area contributed by atoms with Crippen molar-refractivity contribution >= 4 is 17.9 Å². The van der Waals surface area contributed by atoms with E-state index in [0.717, 1.165) is 77.0 Å². The predicted octanol–water partition coefficient (Wildman–Crippen LogP) is 17.1. The smallest absolute Gasteiger partial charge is 0.306 e. The van der Waals surface area contributed by atoms with E-state index in [2.05, 4.69) is 124 Å². The van der Waals surface area contributed by atoms with Gasteiger partial charge < -0.3 is 14.2 Å². The zero-order valence-corrected chi connectivity index (χ0v) is 41.3. The molecule has 0 aliphatic heterocycles. The first kappa shape index (κ1) is 60.1. The summed E-state index contributed by atoms with van der Waals surface area (Å²) < 4.78 is 16.7. The van der Waals surface area contributed by atoms with Crippen LogP contribution in [0.25, 0.3) is 0 Å². The Balaban J connectivity index is 4.60. The van der Waals surface area contributed by atoms with Gasteiger partial charge >= 0.3 is 17.9 Å². The largest absolute Gasteiger partial charge is 0.462 e. The lowest BCUT2D eigenvalue weighted by molar-refractivity contribution is -0.166. The van der Waals surface area contributed by atoms with Gasteiger partial charge in [-0.15, -0.1) is 0 Å². The molecule has 0 heterocycles. The second kappa shape index (κ2) is 51.7. The molecule has 1 atom stereocenters. The van der Waals surface area contributed by atoms with E-state index in [1.807, 2.05) is 6.08 Å². The van der Waals surface area contributed by atoms with Crippen LogP contribution < -0.4 is 0 Å². The zero-order valence-electron chi connectivity index (χ0n) is 41.3. The summed E-state index contributed by atoms with van der Waals surface area (Å²) in [5.41, 5.74) is 0. The van der Waals surface area contributed by atoms with Crippen LogP contribution in [0, 0.1) is 0 Å². The molecule has 0 aliphatic carbocycles. The maximum absolute atomic E-state index is 12.8. The van der Waals surface area contributed by atoms with E-state index in [0.29, 0.717) is 19.3 Å². The van der Waals surface area contributed by atoms with E-state index in [-0.39, 0.29) is 50.4 Å². The molecular formula is C58H94O6. The van der Waals surface area contributed by atoms with E-state index in [1.165, 1.54) is 83.5 Å². The Morgan fingerprint density at radius 2 is 0.703 bits per heavy atom. The third-order valence-corrected chi connectivity index (χ3v) is 10.5. The summed E-state index contributed by atoms with van der Waals surface area (Å²) in [6.07, 6.45) is 69.5. The van der Waals surface area contributed by atoms with Crippen LogP contribution in [-0.4, -0.2) is 37.2 Å². The summed E-state index contributed by atoms with van der Waals surface area (Å²) in [6, 6.07) is 0. The van der Waals surface area contributed by atoms with E-state index in [9.17, 15) is 14.4 Å². The molecule has 0 radical (unpaired) electrons. The van der Waals surface area contributed by atoms with Gasteiger partial charge in [-0.1, -0.05) is 207 Å². The van der Waals surface area contributed by atoms with E-state index < -0.39 is 6.10 Å². The summed E-state index contributed by atoms with van der Waals surface area (Å²) in [6.45, 7) is 6.37. The number of hydrogen-bond donors (Lipinski definition) is 0. The lowest BCUT2D eigenvalue weighted by atomic mass is 10.1. The second-order valence-electron chi connectivity index (χ2n) is 16.7. The van der Waals surface area contributed by atoms with Gasteiger partial charge in [-0.2, -0.15) is 0 Å².